The molecular weight excluding hydrogens is 424 g/mol. The Morgan fingerprint density at radius 1 is 0.879 bits per heavy atom. The summed E-state index contributed by atoms with van der Waals surface area (Å²) in [6, 6.07) is 26.4. The number of carbonyl (C=O) groups excluding carboxylic acids is 1. The molecule has 0 spiro atoms. The monoisotopic (exact) mass is 454 g/mol. The third kappa shape index (κ3) is 5.47. The summed E-state index contributed by atoms with van der Waals surface area (Å²) >= 11 is 1.84. The van der Waals surface area contributed by atoms with E-state index in [0.717, 1.165) is 46.9 Å². The van der Waals surface area contributed by atoms with E-state index in [-0.39, 0.29) is 11.2 Å². The first-order valence-corrected chi connectivity index (χ1v) is 12.5. The molecule has 0 radical (unpaired) electrons. The van der Waals surface area contributed by atoms with Crippen LogP contribution in [0.2, 0.25) is 0 Å². The van der Waals surface area contributed by atoms with Gasteiger partial charge in [0.2, 0.25) is 0 Å². The van der Waals surface area contributed by atoms with Crippen LogP contribution >= 0.6 is 11.8 Å². The molecule has 1 aliphatic rings. The van der Waals surface area contributed by atoms with Crippen LogP contribution in [0.25, 0.3) is 22.3 Å². The molecule has 1 aliphatic carbocycles. The lowest BCUT2D eigenvalue weighted by molar-refractivity contribution is 0.0966. The van der Waals surface area contributed by atoms with Crippen LogP contribution < -0.4 is 5.32 Å². The van der Waals surface area contributed by atoms with Crippen molar-refractivity contribution in [1.82, 2.24) is 10.2 Å². The van der Waals surface area contributed by atoms with Crippen molar-refractivity contribution < 1.29 is 4.79 Å². The average molecular weight is 455 g/mol. The number of hydrogen-bond acceptors (Lipinski definition) is 3. The Labute approximate surface area is 201 Å². The minimum Gasteiger partial charge on any atom is -0.324 e. The van der Waals surface area contributed by atoms with Gasteiger partial charge in [0.1, 0.15) is 0 Å². The minimum atomic E-state index is -0.0741. The lowest BCUT2D eigenvalue weighted by Gasteiger charge is -2.22. The van der Waals surface area contributed by atoms with Crippen molar-refractivity contribution in [2.24, 2.45) is 0 Å². The van der Waals surface area contributed by atoms with Crippen LogP contribution in [-0.2, 0) is 0 Å². The van der Waals surface area contributed by atoms with Gasteiger partial charge in [0.05, 0.1) is 5.25 Å². The van der Waals surface area contributed by atoms with Crippen LogP contribution in [0, 0.1) is 0 Å². The highest BCUT2D eigenvalue weighted by Crippen LogP contribution is 2.35. The SMILES string of the molecule is CCN(CC)CSC1C=CC=C1NC(=O)c1cccc(-c2ccccc2)c1-c1ccccc1. The normalized spacial score (nSPS) is 15.0. The van der Waals surface area contributed by atoms with E-state index in [9.17, 15) is 4.79 Å². The molecule has 4 heteroatoms. The quantitative estimate of drug-likeness (QED) is 0.370. The van der Waals surface area contributed by atoms with Crippen LogP contribution in [0.1, 0.15) is 24.2 Å². The van der Waals surface area contributed by atoms with Gasteiger partial charge in [-0.1, -0.05) is 98.8 Å². The topological polar surface area (TPSA) is 32.3 Å². The van der Waals surface area contributed by atoms with Gasteiger partial charge in [-0.2, -0.15) is 0 Å². The zero-order valence-corrected chi connectivity index (χ0v) is 20.0. The maximum Gasteiger partial charge on any atom is 0.256 e. The molecule has 1 N–H and O–H groups in total. The van der Waals surface area contributed by atoms with Gasteiger partial charge >= 0.3 is 0 Å². The maximum absolute atomic E-state index is 13.6. The minimum absolute atomic E-state index is 0.0741. The molecule has 4 rings (SSSR count). The van der Waals surface area contributed by atoms with E-state index >= 15 is 0 Å². The van der Waals surface area contributed by atoms with Crippen molar-refractivity contribution >= 4 is 17.7 Å². The summed E-state index contributed by atoms with van der Waals surface area (Å²) < 4.78 is 0. The zero-order valence-electron chi connectivity index (χ0n) is 19.2. The number of amides is 1. The fraction of sp³-hybridized carbons (Fsp3) is 0.207. The smallest absolute Gasteiger partial charge is 0.256 e. The highest BCUT2D eigenvalue weighted by molar-refractivity contribution is 8.00. The molecular formula is C29H30N2OS. The third-order valence-corrected chi connectivity index (χ3v) is 7.20. The zero-order chi connectivity index (χ0) is 23.0. The number of hydrogen-bond donors (Lipinski definition) is 1. The highest BCUT2D eigenvalue weighted by Gasteiger charge is 2.22. The second-order valence-electron chi connectivity index (χ2n) is 7.94. The molecule has 0 fully saturated rings. The molecule has 1 atom stereocenters. The van der Waals surface area contributed by atoms with E-state index in [4.69, 9.17) is 0 Å². The summed E-state index contributed by atoms with van der Waals surface area (Å²) in [4.78, 5) is 16.0. The molecule has 168 valence electrons. The molecule has 3 aromatic rings. The lowest BCUT2D eigenvalue weighted by Crippen LogP contribution is -2.29. The number of allylic oxidation sites excluding steroid dienone is 2. The molecule has 0 aromatic heterocycles. The Hall–Kier alpha value is -3.08. The Kier molecular flexibility index (Phi) is 7.82. The predicted molar refractivity (Wildman–Crippen MR) is 141 cm³/mol. The van der Waals surface area contributed by atoms with Crippen LogP contribution in [-0.4, -0.2) is 35.0 Å². The van der Waals surface area contributed by atoms with Gasteiger partial charge in [0, 0.05) is 22.7 Å². The molecule has 3 aromatic carbocycles. The molecule has 1 unspecified atom stereocenters. The first-order valence-electron chi connectivity index (χ1n) is 11.5. The van der Waals surface area contributed by atoms with Crippen molar-refractivity contribution in [3.8, 4) is 22.3 Å². The molecule has 33 heavy (non-hydrogen) atoms. The van der Waals surface area contributed by atoms with E-state index in [2.05, 4.69) is 60.5 Å². The van der Waals surface area contributed by atoms with Gasteiger partial charge in [-0.25, -0.2) is 0 Å². The predicted octanol–water partition coefficient (Wildman–Crippen LogP) is 6.61. The number of nitrogens with zero attached hydrogens (tertiary/aromatic N) is 1. The number of benzene rings is 3. The number of thioether (sulfide) groups is 1. The second kappa shape index (κ2) is 11.2. The number of nitrogens with one attached hydrogen (secondary N) is 1. The van der Waals surface area contributed by atoms with Crippen molar-refractivity contribution in [2.45, 2.75) is 19.1 Å². The van der Waals surface area contributed by atoms with E-state index in [0.29, 0.717) is 5.56 Å². The van der Waals surface area contributed by atoms with Gasteiger partial charge < -0.3 is 5.32 Å². The summed E-state index contributed by atoms with van der Waals surface area (Å²) in [6.45, 7) is 6.41. The van der Waals surface area contributed by atoms with Gasteiger partial charge in [-0.3, -0.25) is 9.69 Å². The van der Waals surface area contributed by atoms with Crippen molar-refractivity contribution in [1.29, 1.82) is 0 Å². The molecule has 3 nitrogen and oxygen atoms in total. The highest BCUT2D eigenvalue weighted by atomic mass is 32.2. The molecule has 1 amide bonds. The van der Waals surface area contributed by atoms with Crippen molar-refractivity contribution in [2.75, 3.05) is 19.0 Å². The Morgan fingerprint density at radius 2 is 1.55 bits per heavy atom. The third-order valence-electron chi connectivity index (χ3n) is 5.91. The van der Waals surface area contributed by atoms with Gasteiger partial charge in [-0.05, 0) is 41.9 Å². The second-order valence-corrected chi connectivity index (χ2v) is 9.04. The van der Waals surface area contributed by atoms with E-state index in [1.807, 2.05) is 72.4 Å². The summed E-state index contributed by atoms with van der Waals surface area (Å²) in [7, 11) is 0. The Balaban J connectivity index is 1.63. The van der Waals surface area contributed by atoms with Gasteiger partial charge in [0.15, 0.2) is 0 Å². The maximum atomic E-state index is 13.6. The fourth-order valence-corrected chi connectivity index (χ4v) is 5.28. The summed E-state index contributed by atoms with van der Waals surface area (Å²) in [5, 5.41) is 3.37. The number of rotatable bonds is 9. The van der Waals surface area contributed by atoms with E-state index in [1.165, 1.54) is 0 Å². The van der Waals surface area contributed by atoms with Gasteiger partial charge in [-0.15, -0.1) is 11.8 Å². The first-order chi connectivity index (χ1) is 16.2. The molecule has 0 bridgehead atoms. The summed E-state index contributed by atoms with van der Waals surface area (Å²) in [5.74, 6) is 0.864. The standard InChI is InChI=1S/C29H30N2OS/c1-3-31(4-2)21-33-27-20-12-19-26(27)30-29(32)25-18-11-17-24(22-13-7-5-8-14-22)28(25)23-15-9-6-10-16-23/h5-20,27H,3-4,21H2,1-2H3,(H,30,32). The molecule has 0 saturated carbocycles. The first kappa shape index (κ1) is 23.1. The average Bonchev–Trinajstić information content (AvgIpc) is 3.32. The largest absolute Gasteiger partial charge is 0.324 e. The van der Waals surface area contributed by atoms with Crippen molar-refractivity contribution in [3.63, 3.8) is 0 Å². The fourth-order valence-electron chi connectivity index (χ4n) is 4.02. The van der Waals surface area contributed by atoms with Crippen LogP contribution in [0.4, 0.5) is 0 Å². The lowest BCUT2D eigenvalue weighted by atomic mass is 9.90. The van der Waals surface area contributed by atoms with Crippen LogP contribution in [0.3, 0.4) is 0 Å². The number of carbonyl (C=O) groups is 1. The molecule has 0 aliphatic heterocycles. The Bertz CT molecular complexity index is 1130. The summed E-state index contributed by atoms with van der Waals surface area (Å²) in [5.41, 5.74) is 5.78. The van der Waals surface area contributed by atoms with Crippen LogP contribution in [0.15, 0.2) is 103 Å². The van der Waals surface area contributed by atoms with Crippen LogP contribution in [0.5, 0.6) is 0 Å². The molecule has 0 saturated heterocycles. The Morgan fingerprint density at radius 3 is 2.21 bits per heavy atom. The van der Waals surface area contributed by atoms with E-state index < -0.39 is 0 Å². The summed E-state index contributed by atoms with van der Waals surface area (Å²) in [6.07, 6.45) is 6.21. The molecule has 0 heterocycles. The van der Waals surface area contributed by atoms with E-state index in [1.54, 1.807) is 0 Å². The van der Waals surface area contributed by atoms with Gasteiger partial charge in [0.25, 0.3) is 5.91 Å². The van der Waals surface area contributed by atoms with Crippen molar-refractivity contribution in [3.05, 3.63) is 108 Å².